The number of rotatable bonds is 2. The summed E-state index contributed by atoms with van der Waals surface area (Å²) in [6.45, 7) is 3.68. The van der Waals surface area contributed by atoms with E-state index < -0.39 is 0 Å². The van der Waals surface area contributed by atoms with Gasteiger partial charge in [0.2, 0.25) is 5.91 Å². The highest BCUT2D eigenvalue weighted by molar-refractivity contribution is 5.91. The third-order valence-corrected chi connectivity index (χ3v) is 0.899. The average molecular weight is 113 g/mol. The third-order valence-electron chi connectivity index (χ3n) is 0.899. The summed E-state index contributed by atoms with van der Waals surface area (Å²) < 4.78 is 0. The van der Waals surface area contributed by atoms with Crippen LogP contribution in [0.4, 0.5) is 0 Å². The van der Waals surface area contributed by atoms with E-state index in [4.69, 9.17) is 5.73 Å². The lowest BCUT2D eigenvalue weighted by Gasteiger charge is -1.88. The van der Waals surface area contributed by atoms with Crippen LogP contribution in [0.15, 0.2) is 11.6 Å². The van der Waals surface area contributed by atoms with Crippen LogP contribution in [0.1, 0.15) is 20.3 Å². The standard InChI is InChI=1S/C6H11NO/c1-3-4-5(2)6(7)8/h4H,3H2,1-2H3,(H2,7,8). The lowest BCUT2D eigenvalue weighted by Crippen LogP contribution is -2.11. The Hall–Kier alpha value is -0.790. The van der Waals surface area contributed by atoms with Gasteiger partial charge >= 0.3 is 0 Å². The van der Waals surface area contributed by atoms with Crippen molar-refractivity contribution in [1.82, 2.24) is 0 Å². The van der Waals surface area contributed by atoms with E-state index in [-0.39, 0.29) is 5.91 Å². The summed E-state index contributed by atoms with van der Waals surface area (Å²) in [5, 5.41) is 0. The van der Waals surface area contributed by atoms with Crippen molar-refractivity contribution in [3.63, 3.8) is 0 Å². The fourth-order valence-corrected chi connectivity index (χ4v) is 0.407. The van der Waals surface area contributed by atoms with E-state index in [2.05, 4.69) is 0 Å². The Morgan fingerprint density at radius 2 is 2.25 bits per heavy atom. The van der Waals surface area contributed by atoms with Crippen molar-refractivity contribution in [3.8, 4) is 0 Å². The van der Waals surface area contributed by atoms with Crippen molar-refractivity contribution < 1.29 is 4.79 Å². The Labute approximate surface area is 49.4 Å². The second-order valence-electron chi connectivity index (χ2n) is 1.66. The highest BCUT2D eigenvalue weighted by atomic mass is 16.1. The van der Waals surface area contributed by atoms with Crippen molar-refractivity contribution in [2.75, 3.05) is 0 Å². The number of carbonyl (C=O) groups is 1. The van der Waals surface area contributed by atoms with E-state index in [1.54, 1.807) is 6.92 Å². The molecule has 0 aliphatic rings. The van der Waals surface area contributed by atoms with E-state index in [0.29, 0.717) is 5.57 Å². The van der Waals surface area contributed by atoms with Gasteiger partial charge in [-0.15, -0.1) is 0 Å². The maximum Gasteiger partial charge on any atom is 0.244 e. The van der Waals surface area contributed by atoms with Crippen molar-refractivity contribution in [2.24, 2.45) is 5.73 Å². The number of primary amides is 1. The van der Waals surface area contributed by atoms with Gasteiger partial charge < -0.3 is 5.73 Å². The fourth-order valence-electron chi connectivity index (χ4n) is 0.407. The van der Waals surface area contributed by atoms with Gasteiger partial charge in [-0.1, -0.05) is 13.0 Å². The average Bonchev–Trinajstić information content (AvgIpc) is 1.67. The maximum atomic E-state index is 10.2. The second-order valence-corrected chi connectivity index (χ2v) is 1.66. The van der Waals surface area contributed by atoms with Crippen LogP contribution in [-0.4, -0.2) is 5.91 Å². The van der Waals surface area contributed by atoms with Crippen molar-refractivity contribution in [1.29, 1.82) is 0 Å². The normalized spacial score (nSPS) is 11.5. The largest absolute Gasteiger partial charge is 0.366 e. The second kappa shape index (κ2) is 3.24. The van der Waals surface area contributed by atoms with Crippen LogP contribution in [-0.2, 0) is 4.79 Å². The predicted octanol–water partition coefficient (Wildman–Crippen LogP) is 0.828. The van der Waals surface area contributed by atoms with Crippen LogP contribution in [0.25, 0.3) is 0 Å². The van der Waals surface area contributed by atoms with Crippen LogP contribution >= 0.6 is 0 Å². The van der Waals surface area contributed by atoms with Gasteiger partial charge in [0.05, 0.1) is 0 Å². The van der Waals surface area contributed by atoms with Gasteiger partial charge in [-0.25, -0.2) is 0 Å². The van der Waals surface area contributed by atoms with Gasteiger partial charge in [0, 0.05) is 5.57 Å². The van der Waals surface area contributed by atoms with Crippen LogP contribution < -0.4 is 5.73 Å². The molecule has 0 unspecified atom stereocenters. The van der Waals surface area contributed by atoms with E-state index in [1.165, 1.54) is 0 Å². The van der Waals surface area contributed by atoms with Gasteiger partial charge in [0.1, 0.15) is 0 Å². The zero-order valence-electron chi connectivity index (χ0n) is 5.27. The Morgan fingerprint density at radius 1 is 1.75 bits per heavy atom. The number of carbonyl (C=O) groups excluding carboxylic acids is 1. The first-order valence-electron chi connectivity index (χ1n) is 2.65. The molecule has 0 aromatic heterocycles. The quantitative estimate of drug-likeness (QED) is 0.529. The SMILES string of the molecule is CCC=C(C)C(N)=O. The topological polar surface area (TPSA) is 43.1 Å². The predicted molar refractivity (Wildman–Crippen MR) is 33.2 cm³/mol. The van der Waals surface area contributed by atoms with Gasteiger partial charge in [0.25, 0.3) is 0 Å². The first-order chi connectivity index (χ1) is 3.68. The number of hydrogen-bond donors (Lipinski definition) is 1. The molecule has 0 saturated heterocycles. The summed E-state index contributed by atoms with van der Waals surface area (Å²) in [5.74, 6) is -0.327. The molecule has 8 heavy (non-hydrogen) atoms. The van der Waals surface area contributed by atoms with Gasteiger partial charge in [-0.2, -0.15) is 0 Å². The minimum Gasteiger partial charge on any atom is -0.366 e. The monoisotopic (exact) mass is 113 g/mol. The Balaban J connectivity index is 3.80. The van der Waals surface area contributed by atoms with Crippen molar-refractivity contribution in [3.05, 3.63) is 11.6 Å². The summed E-state index contributed by atoms with van der Waals surface area (Å²) >= 11 is 0. The van der Waals surface area contributed by atoms with Crippen LogP contribution in [0.2, 0.25) is 0 Å². The molecule has 0 radical (unpaired) electrons. The fraction of sp³-hybridized carbons (Fsp3) is 0.500. The van der Waals surface area contributed by atoms with E-state index >= 15 is 0 Å². The van der Waals surface area contributed by atoms with Crippen molar-refractivity contribution in [2.45, 2.75) is 20.3 Å². The molecule has 0 atom stereocenters. The first-order valence-corrected chi connectivity index (χ1v) is 2.65. The minimum atomic E-state index is -0.327. The zero-order chi connectivity index (χ0) is 6.57. The molecule has 1 amide bonds. The van der Waals surface area contributed by atoms with Gasteiger partial charge in [0.15, 0.2) is 0 Å². The van der Waals surface area contributed by atoms with Crippen molar-refractivity contribution >= 4 is 5.91 Å². The molecule has 46 valence electrons. The molecule has 2 nitrogen and oxygen atoms in total. The molecule has 0 aliphatic carbocycles. The molecule has 2 heteroatoms. The zero-order valence-corrected chi connectivity index (χ0v) is 5.27. The summed E-state index contributed by atoms with van der Waals surface area (Å²) in [4.78, 5) is 10.2. The highest BCUT2D eigenvalue weighted by Crippen LogP contribution is 1.91. The molecule has 0 heterocycles. The maximum absolute atomic E-state index is 10.2. The molecule has 0 bridgehead atoms. The number of allylic oxidation sites excluding steroid dienone is 1. The molecule has 0 fully saturated rings. The summed E-state index contributed by atoms with van der Waals surface area (Å²) in [6, 6.07) is 0. The lowest BCUT2D eigenvalue weighted by molar-refractivity contribution is -0.114. The molecule has 0 aromatic rings. The van der Waals surface area contributed by atoms with Gasteiger partial charge in [-0.05, 0) is 13.3 Å². The Bertz CT molecular complexity index is 116. The van der Waals surface area contributed by atoms with E-state index in [0.717, 1.165) is 6.42 Å². The molecule has 2 N–H and O–H groups in total. The Kier molecular flexibility index (Phi) is 2.92. The summed E-state index contributed by atoms with van der Waals surface area (Å²) in [6.07, 6.45) is 2.68. The molecule has 0 aliphatic heterocycles. The van der Waals surface area contributed by atoms with Gasteiger partial charge in [-0.3, -0.25) is 4.79 Å². The smallest absolute Gasteiger partial charge is 0.244 e. The molecule has 0 rings (SSSR count). The van der Waals surface area contributed by atoms with Crippen LogP contribution in [0, 0.1) is 0 Å². The lowest BCUT2D eigenvalue weighted by atomic mass is 10.2. The number of nitrogens with two attached hydrogens (primary N) is 1. The summed E-state index contributed by atoms with van der Waals surface area (Å²) in [7, 11) is 0. The molecule has 0 spiro atoms. The van der Waals surface area contributed by atoms with E-state index in [1.807, 2.05) is 13.0 Å². The molecule has 0 aromatic carbocycles. The third kappa shape index (κ3) is 2.39. The van der Waals surface area contributed by atoms with Crippen LogP contribution in [0.5, 0.6) is 0 Å². The molecular weight excluding hydrogens is 102 g/mol. The minimum absolute atomic E-state index is 0.327. The van der Waals surface area contributed by atoms with Crippen LogP contribution in [0.3, 0.4) is 0 Å². The number of amides is 1. The highest BCUT2D eigenvalue weighted by Gasteiger charge is 1.91. The molecule has 0 saturated carbocycles. The molecular formula is C6H11NO. The Morgan fingerprint density at radius 3 is 2.38 bits per heavy atom. The van der Waals surface area contributed by atoms with E-state index in [9.17, 15) is 4.79 Å². The first kappa shape index (κ1) is 7.21. The number of hydrogen-bond acceptors (Lipinski definition) is 1. The summed E-state index contributed by atoms with van der Waals surface area (Å²) in [5.41, 5.74) is 5.56.